The maximum atomic E-state index is 12.4. The topological polar surface area (TPSA) is 52.9 Å². The van der Waals surface area contributed by atoms with Crippen molar-refractivity contribution in [2.45, 2.75) is 51.5 Å². The molecule has 1 aromatic rings. The third-order valence-corrected chi connectivity index (χ3v) is 4.74. The molecule has 104 valence electrons. The zero-order chi connectivity index (χ0) is 14.7. The average molecular weight is 278 g/mol. The molecule has 0 fully saturated rings. The molecular formula is C15H22N2OS. The van der Waals surface area contributed by atoms with Gasteiger partial charge in [-0.15, -0.1) is 0 Å². The molecule has 0 aromatic heterocycles. The van der Waals surface area contributed by atoms with E-state index in [1.807, 2.05) is 58.9 Å². The van der Waals surface area contributed by atoms with E-state index in [0.29, 0.717) is 11.3 Å². The lowest BCUT2D eigenvalue weighted by Crippen LogP contribution is -2.54. The van der Waals surface area contributed by atoms with Crippen molar-refractivity contribution in [1.82, 2.24) is 4.72 Å². The predicted molar refractivity (Wildman–Crippen MR) is 78.8 cm³/mol. The van der Waals surface area contributed by atoms with Crippen LogP contribution in [-0.2, 0) is 11.0 Å². The van der Waals surface area contributed by atoms with E-state index >= 15 is 0 Å². The smallest absolute Gasteiger partial charge is 0.126 e. The van der Waals surface area contributed by atoms with E-state index in [9.17, 15) is 9.47 Å². The van der Waals surface area contributed by atoms with Crippen LogP contribution in [0.15, 0.2) is 29.2 Å². The first-order valence-electron chi connectivity index (χ1n) is 6.43. The third-order valence-electron chi connectivity index (χ3n) is 3.50. The summed E-state index contributed by atoms with van der Waals surface area (Å²) in [6.45, 7) is 9.88. The van der Waals surface area contributed by atoms with Crippen LogP contribution < -0.4 is 4.72 Å². The van der Waals surface area contributed by atoms with Gasteiger partial charge in [-0.05, 0) is 30.9 Å². The molecule has 0 aliphatic rings. The van der Waals surface area contributed by atoms with Crippen molar-refractivity contribution in [2.75, 3.05) is 0 Å². The highest BCUT2D eigenvalue weighted by Crippen LogP contribution is 2.33. The minimum absolute atomic E-state index is 0.295. The van der Waals surface area contributed by atoms with E-state index in [2.05, 4.69) is 10.8 Å². The Bertz CT molecular complexity index is 496. The highest BCUT2D eigenvalue weighted by Gasteiger charge is 2.42. The Morgan fingerprint density at radius 1 is 1.26 bits per heavy atom. The first kappa shape index (κ1) is 15.9. The largest absolute Gasteiger partial charge is 0.237 e. The lowest BCUT2D eigenvalue weighted by Gasteiger charge is -2.38. The molecule has 2 atom stereocenters. The monoisotopic (exact) mass is 278 g/mol. The molecular weight excluding hydrogens is 256 g/mol. The summed E-state index contributed by atoms with van der Waals surface area (Å²) in [6.07, 6.45) is 0.602. The second kappa shape index (κ2) is 5.85. The van der Waals surface area contributed by atoms with Gasteiger partial charge in [0.05, 0.1) is 11.0 Å². The molecule has 4 heteroatoms. The molecule has 0 aliphatic carbocycles. The van der Waals surface area contributed by atoms with E-state index in [1.165, 1.54) is 0 Å². The van der Waals surface area contributed by atoms with Crippen LogP contribution in [0.5, 0.6) is 0 Å². The first-order valence-corrected chi connectivity index (χ1v) is 7.58. The number of benzene rings is 1. The molecule has 1 rings (SSSR count). The number of nitriles is 1. The van der Waals surface area contributed by atoms with Crippen LogP contribution in [0.1, 0.15) is 39.7 Å². The van der Waals surface area contributed by atoms with E-state index in [4.69, 9.17) is 0 Å². The molecule has 0 saturated carbocycles. The summed E-state index contributed by atoms with van der Waals surface area (Å²) in [4.78, 5) is 0.697. The summed E-state index contributed by atoms with van der Waals surface area (Å²) in [7, 11) is -1.38. The summed E-state index contributed by atoms with van der Waals surface area (Å²) in [6, 6.07) is 9.82. The van der Waals surface area contributed by atoms with E-state index < -0.39 is 16.5 Å². The van der Waals surface area contributed by atoms with Crippen molar-refractivity contribution in [2.24, 2.45) is 5.41 Å². The fourth-order valence-corrected chi connectivity index (χ4v) is 3.22. The van der Waals surface area contributed by atoms with Gasteiger partial charge in [0.2, 0.25) is 0 Å². The Morgan fingerprint density at radius 2 is 1.79 bits per heavy atom. The Balaban J connectivity index is 3.02. The first-order chi connectivity index (χ1) is 8.75. The van der Waals surface area contributed by atoms with Gasteiger partial charge in [0.15, 0.2) is 0 Å². The standard InChI is InChI=1S/C15H22N2OS/c1-6-15(11-16,14(3,4)5)17-19(18)13-9-7-12(2)8-10-13/h7-10,17H,6H2,1-5H3/t15-,19-/m0/s1. The molecule has 1 N–H and O–H groups in total. The van der Waals surface area contributed by atoms with E-state index in [1.54, 1.807) is 0 Å². The van der Waals surface area contributed by atoms with E-state index in [-0.39, 0.29) is 5.41 Å². The van der Waals surface area contributed by atoms with Gasteiger partial charge in [0.1, 0.15) is 16.5 Å². The van der Waals surface area contributed by atoms with Crippen LogP contribution in [-0.4, -0.2) is 9.75 Å². The van der Waals surface area contributed by atoms with E-state index in [0.717, 1.165) is 5.56 Å². The van der Waals surface area contributed by atoms with Gasteiger partial charge in [-0.2, -0.15) is 5.26 Å². The summed E-state index contributed by atoms with van der Waals surface area (Å²) >= 11 is 0. The fraction of sp³-hybridized carbons (Fsp3) is 0.533. The normalized spacial score (nSPS) is 16.4. The van der Waals surface area contributed by atoms with Crippen molar-refractivity contribution < 1.29 is 4.21 Å². The molecule has 0 radical (unpaired) electrons. The second-order valence-electron chi connectivity index (χ2n) is 5.80. The Hall–Kier alpha value is -1.18. The molecule has 0 aliphatic heterocycles. The van der Waals surface area contributed by atoms with Crippen molar-refractivity contribution in [1.29, 1.82) is 5.26 Å². The zero-order valence-electron chi connectivity index (χ0n) is 12.3. The van der Waals surface area contributed by atoms with Crippen LogP contribution >= 0.6 is 0 Å². The summed E-state index contributed by atoms with van der Waals surface area (Å²) in [5, 5.41) is 9.51. The van der Waals surface area contributed by atoms with Crippen LogP contribution in [0.2, 0.25) is 0 Å². The number of hydrogen-bond acceptors (Lipinski definition) is 2. The number of nitrogens with one attached hydrogen (secondary N) is 1. The summed E-state index contributed by atoms with van der Waals surface area (Å²) < 4.78 is 15.4. The average Bonchev–Trinajstić information content (AvgIpc) is 2.35. The molecule has 1 aromatic carbocycles. The minimum Gasteiger partial charge on any atom is -0.237 e. The summed E-state index contributed by atoms with van der Waals surface area (Å²) in [5.74, 6) is 0. The third kappa shape index (κ3) is 3.43. The van der Waals surface area contributed by atoms with Crippen molar-refractivity contribution in [3.8, 4) is 6.07 Å². The Labute approximate surface area is 118 Å². The maximum Gasteiger partial charge on any atom is 0.126 e. The number of hydrogen-bond donors (Lipinski definition) is 1. The fourth-order valence-electron chi connectivity index (χ4n) is 1.90. The second-order valence-corrected chi connectivity index (χ2v) is 7.02. The van der Waals surface area contributed by atoms with Gasteiger partial charge < -0.3 is 0 Å². The minimum atomic E-state index is -1.38. The highest BCUT2D eigenvalue weighted by molar-refractivity contribution is 7.83. The molecule has 0 spiro atoms. The molecule has 19 heavy (non-hydrogen) atoms. The van der Waals surface area contributed by atoms with Gasteiger partial charge in [0, 0.05) is 0 Å². The quantitative estimate of drug-likeness (QED) is 0.918. The van der Waals surface area contributed by atoms with Crippen LogP contribution in [0.3, 0.4) is 0 Å². The predicted octanol–water partition coefficient (Wildman–Crippen LogP) is 3.33. The lowest BCUT2D eigenvalue weighted by molar-refractivity contribution is 0.222. The van der Waals surface area contributed by atoms with Crippen molar-refractivity contribution >= 4 is 11.0 Å². The molecule has 0 unspecified atom stereocenters. The maximum absolute atomic E-state index is 12.4. The van der Waals surface area contributed by atoms with Gasteiger partial charge in [-0.1, -0.05) is 45.4 Å². The molecule has 0 saturated heterocycles. The number of rotatable bonds is 4. The Morgan fingerprint density at radius 3 is 2.16 bits per heavy atom. The van der Waals surface area contributed by atoms with Gasteiger partial charge in [0.25, 0.3) is 0 Å². The van der Waals surface area contributed by atoms with Crippen LogP contribution in [0.4, 0.5) is 0 Å². The summed E-state index contributed by atoms with van der Waals surface area (Å²) in [5.41, 5.74) is 0.0261. The number of nitrogens with zero attached hydrogens (tertiary/aromatic N) is 1. The van der Waals surface area contributed by atoms with Crippen LogP contribution in [0, 0.1) is 23.7 Å². The van der Waals surface area contributed by atoms with Crippen molar-refractivity contribution in [3.63, 3.8) is 0 Å². The molecule has 0 bridgehead atoms. The van der Waals surface area contributed by atoms with Crippen molar-refractivity contribution in [3.05, 3.63) is 29.8 Å². The molecule has 0 amide bonds. The zero-order valence-corrected chi connectivity index (χ0v) is 13.1. The number of aryl methyl sites for hydroxylation is 1. The Kier molecular flexibility index (Phi) is 4.89. The van der Waals surface area contributed by atoms with Gasteiger partial charge >= 0.3 is 0 Å². The van der Waals surface area contributed by atoms with Gasteiger partial charge in [-0.3, -0.25) is 0 Å². The molecule has 3 nitrogen and oxygen atoms in total. The van der Waals surface area contributed by atoms with Crippen LogP contribution in [0.25, 0.3) is 0 Å². The van der Waals surface area contributed by atoms with Gasteiger partial charge in [-0.25, -0.2) is 8.93 Å². The SMILES string of the molecule is CC[C@@](C#N)(N[S@@](=O)c1ccc(C)cc1)C(C)(C)C. The molecule has 0 heterocycles. The highest BCUT2D eigenvalue weighted by atomic mass is 32.2. The lowest BCUT2D eigenvalue weighted by atomic mass is 9.74.